The van der Waals surface area contributed by atoms with Crippen molar-refractivity contribution in [2.24, 2.45) is 28.9 Å². The summed E-state index contributed by atoms with van der Waals surface area (Å²) >= 11 is 0. The van der Waals surface area contributed by atoms with Crippen molar-refractivity contribution in [2.45, 2.75) is 51.7 Å². The summed E-state index contributed by atoms with van der Waals surface area (Å²) < 4.78 is 5.78. The Kier molecular flexibility index (Phi) is 4.67. The molecule has 3 aliphatic rings. The Balaban J connectivity index is 0.00000147. The number of fused-ring (bicyclic) bond motifs is 1. The summed E-state index contributed by atoms with van der Waals surface area (Å²) in [6, 6.07) is 0.284. The van der Waals surface area contributed by atoms with Gasteiger partial charge in [0.2, 0.25) is 5.91 Å². The fourth-order valence-corrected chi connectivity index (χ4v) is 4.54. The summed E-state index contributed by atoms with van der Waals surface area (Å²) in [6.07, 6.45) is 4.68. The summed E-state index contributed by atoms with van der Waals surface area (Å²) in [6.45, 7) is 5.90. The minimum absolute atomic E-state index is 0. The molecule has 0 aromatic heterocycles. The smallest absolute Gasteiger partial charge is 0.223 e. The molecule has 0 aromatic carbocycles. The molecule has 1 heterocycles. The van der Waals surface area contributed by atoms with Crippen LogP contribution in [0.4, 0.5) is 0 Å². The summed E-state index contributed by atoms with van der Waals surface area (Å²) in [7, 11) is 0. The average molecular weight is 303 g/mol. The highest BCUT2D eigenvalue weighted by Gasteiger charge is 2.60. The van der Waals surface area contributed by atoms with Crippen LogP contribution in [0.3, 0.4) is 0 Å². The molecule has 0 aromatic rings. The van der Waals surface area contributed by atoms with Gasteiger partial charge < -0.3 is 15.8 Å². The van der Waals surface area contributed by atoms with Gasteiger partial charge in [0.1, 0.15) is 0 Å². The molecule has 2 saturated carbocycles. The highest BCUT2D eigenvalue weighted by Crippen LogP contribution is 2.52. The predicted molar refractivity (Wildman–Crippen MR) is 80.7 cm³/mol. The van der Waals surface area contributed by atoms with Gasteiger partial charge in [0.25, 0.3) is 0 Å². The Morgan fingerprint density at radius 2 is 2.10 bits per heavy atom. The van der Waals surface area contributed by atoms with Crippen LogP contribution >= 0.6 is 12.4 Å². The van der Waals surface area contributed by atoms with Gasteiger partial charge in [-0.05, 0) is 31.7 Å². The van der Waals surface area contributed by atoms with Crippen molar-refractivity contribution < 1.29 is 9.53 Å². The van der Waals surface area contributed by atoms with Crippen molar-refractivity contribution in [3.05, 3.63) is 0 Å². The first kappa shape index (κ1) is 16.1. The first-order valence-corrected chi connectivity index (χ1v) is 7.67. The minimum atomic E-state index is 0. The van der Waals surface area contributed by atoms with E-state index in [0.717, 1.165) is 32.3 Å². The average Bonchev–Trinajstić information content (AvgIpc) is 3.02. The van der Waals surface area contributed by atoms with Gasteiger partial charge in [-0.15, -0.1) is 12.4 Å². The first-order chi connectivity index (χ1) is 9.05. The van der Waals surface area contributed by atoms with Gasteiger partial charge in [-0.1, -0.05) is 20.3 Å². The van der Waals surface area contributed by atoms with Gasteiger partial charge in [0, 0.05) is 29.9 Å². The number of carbonyl (C=O) groups excluding carboxylic acids is 1. The second kappa shape index (κ2) is 5.82. The molecule has 3 fully saturated rings. The standard InChI is InChI=1S/C15H26N2O2.ClH/c1-15(2)12(11-6-7-19-13(11)15)17-14(18)10-5-3-4-9(10)8-16;/h9-13H,3-8,16H2,1-2H3,(H,17,18);1H/t9-,10-,11?,12?,13?;/m1./s1. The maximum Gasteiger partial charge on any atom is 0.223 e. The number of halogens is 1. The second-order valence-corrected chi connectivity index (χ2v) is 7.08. The van der Waals surface area contributed by atoms with Gasteiger partial charge in [-0.3, -0.25) is 4.79 Å². The highest BCUT2D eigenvalue weighted by molar-refractivity contribution is 5.85. The normalized spacial score (nSPS) is 41.5. The molecule has 0 bridgehead atoms. The minimum Gasteiger partial charge on any atom is -0.377 e. The lowest BCUT2D eigenvalue weighted by atomic mass is 9.57. The monoisotopic (exact) mass is 302 g/mol. The Hall–Kier alpha value is -0.320. The molecule has 116 valence electrons. The van der Waals surface area contributed by atoms with Crippen molar-refractivity contribution in [1.29, 1.82) is 0 Å². The van der Waals surface area contributed by atoms with Gasteiger partial charge in [0.15, 0.2) is 0 Å². The van der Waals surface area contributed by atoms with Gasteiger partial charge in [0.05, 0.1) is 6.10 Å². The van der Waals surface area contributed by atoms with E-state index in [9.17, 15) is 4.79 Å². The van der Waals surface area contributed by atoms with Crippen LogP contribution in [-0.4, -0.2) is 31.2 Å². The Morgan fingerprint density at radius 3 is 2.80 bits per heavy atom. The lowest BCUT2D eigenvalue weighted by Gasteiger charge is -2.54. The molecule has 3 unspecified atom stereocenters. The van der Waals surface area contributed by atoms with Crippen LogP contribution in [0.25, 0.3) is 0 Å². The number of nitrogens with one attached hydrogen (secondary N) is 1. The van der Waals surface area contributed by atoms with Crippen molar-refractivity contribution in [3.8, 4) is 0 Å². The largest absolute Gasteiger partial charge is 0.377 e. The maximum atomic E-state index is 12.5. The molecule has 1 amide bonds. The van der Waals surface area contributed by atoms with E-state index in [1.54, 1.807) is 0 Å². The number of ether oxygens (including phenoxy) is 1. The Morgan fingerprint density at radius 1 is 1.35 bits per heavy atom. The first-order valence-electron chi connectivity index (χ1n) is 7.67. The van der Waals surface area contributed by atoms with Crippen LogP contribution in [0.2, 0.25) is 0 Å². The summed E-state index contributed by atoms with van der Waals surface area (Å²) in [5, 5.41) is 3.31. The third kappa shape index (κ3) is 2.36. The lowest BCUT2D eigenvalue weighted by molar-refractivity contribution is -0.141. The Bertz CT molecular complexity index is 375. The van der Waals surface area contributed by atoms with Crippen LogP contribution in [0.15, 0.2) is 0 Å². The van der Waals surface area contributed by atoms with Gasteiger partial charge >= 0.3 is 0 Å². The van der Waals surface area contributed by atoms with Crippen LogP contribution < -0.4 is 11.1 Å². The summed E-state index contributed by atoms with van der Waals surface area (Å²) in [5.74, 6) is 1.29. The van der Waals surface area contributed by atoms with E-state index in [4.69, 9.17) is 10.5 Å². The van der Waals surface area contributed by atoms with E-state index < -0.39 is 0 Å². The molecular weight excluding hydrogens is 276 g/mol. The molecule has 0 radical (unpaired) electrons. The molecule has 3 N–H and O–H groups in total. The van der Waals surface area contributed by atoms with Crippen molar-refractivity contribution >= 4 is 18.3 Å². The molecule has 0 spiro atoms. The van der Waals surface area contributed by atoms with E-state index in [0.29, 0.717) is 24.5 Å². The third-order valence-electron chi connectivity index (χ3n) is 5.70. The zero-order chi connectivity index (χ0) is 13.6. The van der Waals surface area contributed by atoms with Crippen LogP contribution in [0.1, 0.15) is 39.5 Å². The number of amides is 1. The third-order valence-corrected chi connectivity index (χ3v) is 5.70. The SMILES string of the molecule is CC1(C)C(NC(=O)[C@@H]2CCC[C@@H]2CN)C2CCOC21.Cl. The van der Waals surface area contributed by atoms with Crippen molar-refractivity contribution in [1.82, 2.24) is 5.32 Å². The van der Waals surface area contributed by atoms with Crippen LogP contribution in [-0.2, 0) is 9.53 Å². The van der Waals surface area contributed by atoms with E-state index >= 15 is 0 Å². The maximum absolute atomic E-state index is 12.5. The molecule has 1 aliphatic heterocycles. The van der Waals surface area contributed by atoms with E-state index in [1.165, 1.54) is 0 Å². The van der Waals surface area contributed by atoms with Crippen molar-refractivity contribution in [2.75, 3.05) is 13.2 Å². The van der Waals surface area contributed by atoms with Crippen LogP contribution in [0.5, 0.6) is 0 Å². The quantitative estimate of drug-likeness (QED) is 0.834. The highest BCUT2D eigenvalue weighted by atomic mass is 35.5. The topological polar surface area (TPSA) is 64.4 Å². The molecule has 2 aliphatic carbocycles. The van der Waals surface area contributed by atoms with Crippen molar-refractivity contribution in [3.63, 3.8) is 0 Å². The van der Waals surface area contributed by atoms with E-state index in [1.807, 2.05) is 0 Å². The number of hydrogen-bond acceptors (Lipinski definition) is 3. The fraction of sp³-hybridized carbons (Fsp3) is 0.933. The molecule has 1 saturated heterocycles. The number of carbonyl (C=O) groups is 1. The second-order valence-electron chi connectivity index (χ2n) is 7.08. The van der Waals surface area contributed by atoms with Crippen LogP contribution in [0, 0.1) is 23.2 Å². The molecule has 5 heteroatoms. The molecule has 3 rings (SSSR count). The van der Waals surface area contributed by atoms with E-state index in [-0.39, 0.29) is 35.7 Å². The van der Waals surface area contributed by atoms with Gasteiger partial charge in [-0.2, -0.15) is 0 Å². The number of rotatable bonds is 3. The predicted octanol–water partition coefficient (Wildman–Crippen LogP) is 1.71. The van der Waals surface area contributed by atoms with E-state index in [2.05, 4.69) is 19.2 Å². The zero-order valence-corrected chi connectivity index (χ0v) is 13.2. The summed E-state index contributed by atoms with van der Waals surface area (Å²) in [4.78, 5) is 12.5. The fourth-order valence-electron chi connectivity index (χ4n) is 4.54. The molecular formula is C15H27ClN2O2. The Labute approximate surface area is 127 Å². The number of hydrogen-bond donors (Lipinski definition) is 2. The van der Waals surface area contributed by atoms with Gasteiger partial charge in [-0.25, -0.2) is 0 Å². The summed E-state index contributed by atoms with van der Waals surface area (Å²) in [5.41, 5.74) is 5.86. The zero-order valence-electron chi connectivity index (χ0n) is 12.4. The number of nitrogens with two attached hydrogens (primary N) is 1. The molecule has 20 heavy (non-hydrogen) atoms. The lowest BCUT2D eigenvalue weighted by Crippen LogP contribution is -2.67. The molecule has 4 nitrogen and oxygen atoms in total. The molecule has 5 atom stereocenters.